The molecule has 0 bridgehead atoms. The molecule has 0 aliphatic heterocycles. The molecule has 0 rings (SSSR count). The predicted molar refractivity (Wildman–Crippen MR) is 44.9 cm³/mol. The third-order valence-electron chi connectivity index (χ3n) is 1.02. The van der Waals surface area contributed by atoms with E-state index in [-0.39, 0.29) is 6.61 Å². The van der Waals surface area contributed by atoms with Gasteiger partial charge in [0.25, 0.3) is 0 Å². The summed E-state index contributed by atoms with van der Waals surface area (Å²) in [6.45, 7) is 1.84. The van der Waals surface area contributed by atoms with Gasteiger partial charge in [-0.15, -0.1) is 0 Å². The zero-order valence-corrected chi connectivity index (χ0v) is 6.75. The van der Waals surface area contributed by atoms with Crippen molar-refractivity contribution >= 4 is 0 Å². The van der Waals surface area contributed by atoms with Crippen LogP contribution in [0.3, 0.4) is 0 Å². The van der Waals surface area contributed by atoms with Gasteiger partial charge in [0.05, 0.1) is 0 Å². The van der Waals surface area contributed by atoms with Gasteiger partial charge in [-0.05, 0) is 25.8 Å². The number of aliphatic hydroxyl groups is 2. The molecule has 2 nitrogen and oxygen atoms in total. The van der Waals surface area contributed by atoms with Gasteiger partial charge < -0.3 is 10.2 Å². The number of hydrogen-bond acceptors (Lipinski definition) is 2. The van der Waals surface area contributed by atoms with E-state index in [0.717, 1.165) is 12.8 Å². The Kier molecular flexibility index (Phi) is 6.81. The molecule has 11 heavy (non-hydrogen) atoms. The fourth-order valence-electron chi connectivity index (χ4n) is 0.520. The third kappa shape index (κ3) is 9.22. The molecule has 0 aromatic carbocycles. The Morgan fingerprint density at radius 3 is 2.82 bits per heavy atom. The van der Waals surface area contributed by atoms with Gasteiger partial charge in [-0.3, -0.25) is 0 Å². The van der Waals surface area contributed by atoms with Crippen molar-refractivity contribution in [2.75, 3.05) is 6.61 Å². The Balaban J connectivity index is 3.38. The first-order chi connectivity index (χ1) is 5.27. The summed E-state index contributed by atoms with van der Waals surface area (Å²) in [5.74, 6) is 5.26. The van der Waals surface area contributed by atoms with Crippen LogP contribution in [0.25, 0.3) is 0 Å². The zero-order valence-electron chi connectivity index (χ0n) is 6.75. The Morgan fingerprint density at radius 2 is 2.27 bits per heavy atom. The molecule has 0 radical (unpaired) electrons. The molecule has 2 N–H and O–H groups in total. The maximum Gasteiger partial charge on any atom is 0.112 e. The topological polar surface area (TPSA) is 40.5 Å². The van der Waals surface area contributed by atoms with Crippen molar-refractivity contribution in [2.45, 2.75) is 25.9 Å². The van der Waals surface area contributed by atoms with Gasteiger partial charge in [0.1, 0.15) is 6.10 Å². The van der Waals surface area contributed by atoms with Crippen LogP contribution in [-0.4, -0.2) is 22.9 Å². The number of unbranched alkanes of at least 4 members (excludes halogenated alkanes) is 1. The number of allylic oxidation sites excluding steroid dienone is 2. The highest BCUT2D eigenvalue weighted by Crippen LogP contribution is 1.87. The molecule has 1 atom stereocenters. The molecule has 62 valence electrons. The van der Waals surface area contributed by atoms with Gasteiger partial charge >= 0.3 is 0 Å². The minimum Gasteiger partial charge on any atom is -0.396 e. The molecule has 0 aliphatic rings. The van der Waals surface area contributed by atoms with Crippen LogP contribution < -0.4 is 0 Å². The summed E-state index contributed by atoms with van der Waals surface area (Å²) in [7, 11) is 0. The molecule has 1 unspecified atom stereocenters. The second-order valence-electron chi connectivity index (χ2n) is 2.23. The van der Waals surface area contributed by atoms with Crippen molar-refractivity contribution in [3.05, 3.63) is 12.2 Å². The van der Waals surface area contributed by atoms with Gasteiger partial charge in [-0.2, -0.15) is 0 Å². The SMILES string of the molecule is CC(O)C#C/C=C/CCCO. The summed E-state index contributed by atoms with van der Waals surface area (Å²) in [4.78, 5) is 0. The van der Waals surface area contributed by atoms with Crippen molar-refractivity contribution in [1.82, 2.24) is 0 Å². The number of aliphatic hydroxyl groups excluding tert-OH is 2. The van der Waals surface area contributed by atoms with Crippen LogP contribution in [0.2, 0.25) is 0 Å². The standard InChI is InChI=1S/C9H14O2/c1-9(11)7-5-3-2-4-6-8-10/h2-3,9-11H,4,6,8H2,1H3/b3-2+. The first-order valence-corrected chi connectivity index (χ1v) is 3.72. The summed E-state index contributed by atoms with van der Waals surface area (Å²) >= 11 is 0. The quantitative estimate of drug-likeness (QED) is 0.464. The molecule has 2 heteroatoms. The maximum atomic E-state index is 8.71. The number of hydrogen-bond donors (Lipinski definition) is 2. The second kappa shape index (κ2) is 7.33. The highest BCUT2D eigenvalue weighted by atomic mass is 16.3. The van der Waals surface area contributed by atoms with Gasteiger partial charge in [-0.25, -0.2) is 0 Å². The summed E-state index contributed by atoms with van der Waals surface area (Å²) in [6, 6.07) is 0. The minimum atomic E-state index is -0.558. The van der Waals surface area contributed by atoms with Crippen LogP contribution in [0.1, 0.15) is 19.8 Å². The fraction of sp³-hybridized carbons (Fsp3) is 0.556. The van der Waals surface area contributed by atoms with Gasteiger partial charge in [0.2, 0.25) is 0 Å². The molecule has 0 saturated heterocycles. The Hall–Kier alpha value is -0.780. The van der Waals surface area contributed by atoms with Crippen LogP contribution in [0.15, 0.2) is 12.2 Å². The van der Waals surface area contributed by atoms with E-state index in [1.54, 1.807) is 13.0 Å². The predicted octanol–water partition coefficient (Wildman–Crippen LogP) is 0.699. The minimum absolute atomic E-state index is 0.216. The van der Waals surface area contributed by atoms with E-state index in [1.807, 2.05) is 6.08 Å². The fourth-order valence-corrected chi connectivity index (χ4v) is 0.520. The van der Waals surface area contributed by atoms with E-state index >= 15 is 0 Å². The van der Waals surface area contributed by atoms with E-state index < -0.39 is 6.10 Å². The molecule has 0 aliphatic carbocycles. The zero-order chi connectivity index (χ0) is 8.53. The second-order valence-corrected chi connectivity index (χ2v) is 2.23. The van der Waals surface area contributed by atoms with Crippen LogP contribution >= 0.6 is 0 Å². The van der Waals surface area contributed by atoms with Crippen molar-refractivity contribution in [3.8, 4) is 11.8 Å². The lowest BCUT2D eigenvalue weighted by atomic mass is 10.3. The van der Waals surface area contributed by atoms with Crippen molar-refractivity contribution in [1.29, 1.82) is 0 Å². The third-order valence-corrected chi connectivity index (χ3v) is 1.02. The molecule has 0 fully saturated rings. The summed E-state index contributed by atoms with van der Waals surface area (Å²) in [6.07, 6.45) is 4.63. The normalized spacial score (nSPS) is 12.6. The van der Waals surface area contributed by atoms with Crippen molar-refractivity contribution in [3.63, 3.8) is 0 Å². The summed E-state index contributed by atoms with van der Waals surface area (Å²) in [5.41, 5.74) is 0. The Bertz CT molecular complexity index is 160. The molecule has 0 aromatic heterocycles. The highest BCUT2D eigenvalue weighted by Gasteiger charge is 1.80. The van der Waals surface area contributed by atoms with E-state index in [4.69, 9.17) is 10.2 Å². The first kappa shape index (κ1) is 10.2. The van der Waals surface area contributed by atoms with Crippen molar-refractivity contribution in [2.24, 2.45) is 0 Å². The van der Waals surface area contributed by atoms with Gasteiger partial charge in [0.15, 0.2) is 0 Å². The average molecular weight is 154 g/mol. The van der Waals surface area contributed by atoms with Crippen molar-refractivity contribution < 1.29 is 10.2 Å². The smallest absolute Gasteiger partial charge is 0.112 e. The summed E-state index contributed by atoms with van der Waals surface area (Å²) in [5, 5.41) is 17.1. The summed E-state index contributed by atoms with van der Waals surface area (Å²) < 4.78 is 0. The van der Waals surface area contributed by atoms with Gasteiger partial charge in [-0.1, -0.05) is 17.9 Å². The molecule has 0 amide bonds. The lowest BCUT2D eigenvalue weighted by Crippen LogP contribution is -1.91. The monoisotopic (exact) mass is 154 g/mol. The van der Waals surface area contributed by atoms with E-state index in [9.17, 15) is 0 Å². The molecule has 0 heterocycles. The maximum absolute atomic E-state index is 8.71. The number of rotatable bonds is 3. The van der Waals surface area contributed by atoms with E-state index in [0.29, 0.717) is 0 Å². The van der Waals surface area contributed by atoms with E-state index in [2.05, 4.69) is 11.8 Å². The van der Waals surface area contributed by atoms with Crippen LogP contribution in [0.5, 0.6) is 0 Å². The average Bonchev–Trinajstić information content (AvgIpc) is 1.96. The largest absolute Gasteiger partial charge is 0.396 e. The molecular formula is C9H14O2. The Morgan fingerprint density at radius 1 is 1.55 bits per heavy atom. The lowest BCUT2D eigenvalue weighted by Gasteiger charge is -1.85. The molecular weight excluding hydrogens is 140 g/mol. The van der Waals surface area contributed by atoms with Crippen LogP contribution in [-0.2, 0) is 0 Å². The highest BCUT2D eigenvalue weighted by molar-refractivity contribution is 5.16. The molecule has 0 aromatic rings. The molecule has 0 spiro atoms. The Labute approximate surface area is 67.6 Å². The van der Waals surface area contributed by atoms with Crippen LogP contribution in [0.4, 0.5) is 0 Å². The van der Waals surface area contributed by atoms with Gasteiger partial charge in [0, 0.05) is 6.61 Å². The lowest BCUT2D eigenvalue weighted by molar-refractivity contribution is 0.253. The van der Waals surface area contributed by atoms with Crippen LogP contribution in [0, 0.1) is 11.8 Å². The molecule has 0 saturated carbocycles. The van der Waals surface area contributed by atoms with E-state index in [1.165, 1.54) is 0 Å². The first-order valence-electron chi connectivity index (χ1n) is 3.72.